The van der Waals surface area contributed by atoms with E-state index in [-0.39, 0.29) is 29.6 Å². The number of benzene rings is 2. The number of rotatable bonds is 4. The van der Waals surface area contributed by atoms with Crippen LogP contribution >= 0.6 is 0 Å². The first-order chi connectivity index (χ1) is 14.1. The molecule has 0 radical (unpaired) electrons. The lowest BCUT2D eigenvalue weighted by atomic mass is 9.81. The van der Waals surface area contributed by atoms with E-state index in [9.17, 15) is 14.4 Å². The van der Waals surface area contributed by atoms with Crippen LogP contribution in [0.15, 0.2) is 48.5 Å². The fraction of sp³-hybridized carbons (Fsp3) is 0.348. The minimum Gasteiger partial charge on any atom is -0.497 e. The number of fused-ring (bicyclic) bond motifs is 5. The van der Waals surface area contributed by atoms with E-state index in [0.717, 1.165) is 19.3 Å². The molecule has 1 saturated heterocycles. The van der Waals surface area contributed by atoms with Gasteiger partial charge in [0.15, 0.2) is 0 Å². The van der Waals surface area contributed by atoms with Crippen molar-refractivity contribution in [1.82, 2.24) is 0 Å². The van der Waals surface area contributed by atoms with Gasteiger partial charge in [0.25, 0.3) is 5.91 Å². The largest absolute Gasteiger partial charge is 0.497 e. The van der Waals surface area contributed by atoms with Crippen LogP contribution in [-0.4, -0.2) is 24.8 Å². The lowest BCUT2D eigenvalue weighted by molar-refractivity contribution is -0.123. The van der Waals surface area contributed by atoms with Crippen LogP contribution in [0.3, 0.4) is 0 Å². The normalized spacial score (nSPS) is 27.3. The smallest absolute Gasteiger partial charge is 0.255 e. The molecule has 4 atom stereocenters. The standard InChI is InChI=1S/C23H22N2O4/c1-29-18-7-3-5-16(12-18)24-21(26)15-4-2-6-17(11-15)25-22(27)19-13-8-9-14(10-13)20(19)23(25)28/h2-7,11-14,19-20H,8-10H2,1H3,(H,24,26)/t13-,14+,19-,20-/m0/s1. The van der Waals surface area contributed by atoms with Crippen molar-refractivity contribution in [3.05, 3.63) is 54.1 Å². The number of hydrogen-bond donors (Lipinski definition) is 1. The summed E-state index contributed by atoms with van der Waals surface area (Å²) in [6.45, 7) is 0. The van der Waals surface area contributed by atoms with E-state index in [2.05, 4.69) is 5.32 Å². The summed E-state index contributed by atoms with van der Waals surface area (Å²) < 4.78 is 5.18. The highest BCUT2D eigenvalue weighted by Gasteiger charge is 2.61. The lowest BCUT2D eigenvalue weighted by Gasteiger charge is -2.19. The van der Waals surface area contributed by atoms with Crippen LogP contribution in [0.4, 0.5) is 11.4 Å². The van der Waals surface area contributed by atoms with Crippen molar-refractivity contribution in [2.24, 2.45) is 23.7 Å². The second kappa shape index (κ2) is 6.72. The number of anilines is 2. The molecule has 2 saturated carbocycles. The molecule has 5 rings (SSSR count). The molecule has 0 spiro atoms. The number of nitrogens with one attached hydrogen (secondary N) is 1. The van der Waals surface area contributed by atoms with E-state index in [1.165, 1.54) is 4.90 Å². The van der Waals surface area contributed by atoms with Crippen LogP contribution in [0.5, 0.6) is 5.75 Å². The summed E-state index contributed by atoms with van der Waals surface area (Å²) >= 11 is 0. The molecular formula is C23H22N2O4. The molecule has 1 aliphatic heterocycles. The molecule has 3 amide bonds. The van der Waals surface area contributed by atoms with Gasteiger partial charge in [-0.05, 0) is 61.4 Å². The summed E-state index contributed by atoms with van der Waals surface area (Å²) in [5, 5.41) is 2.83. The van der Waals surface area contributed by atoms with Crippen LogP contribution in [0.25, 0.3) is 0 Å². The quantitative estimate of drug-likeness (QED) is 0.811. The highest BCUT2D eigenvalue weighted by Crippen LogP contribution is 2.56. The van der Waals surface area contributed by atoms with Crippen LogP contribution < -0.4 is 15.0 Å². The molecule has 2 bridgehead atoms. The van der Waals surface area contributed by atoms with Gasteiger partial charge in [0, 0.05) is 17.3 Å². The van der Waals surface area contributed by atoms with E-state index >= 15 is 0 Å². The van der Waals surface area contributed by atoms with Crippen molar-refractivity contribution in [3.8, 4) is 5.75 Å². The molecule has 1 N–H and O–H groups in total. The molecule has 2 aliphatic carbocycles. The van der Waals surface area contributed by atoms with E-state index in [4.69, 9.17) is 4.74 Å². The number of nitrogens with zero attached hydrogens (tertiary/aromatic N) is 1. The maximum absolute atomic E-state index is 13.0. The lowest BCUT2D eigenvalue weighted by Crippen LogP contribution is -2.33. The molecule has 1 heterocycles. The van der Waals surface area contributed by atoms with Crippen molar-refractivity contribution in [1.29, 1.82) is 0 Å². The molecule has 2 aromatic rings. The average molecular weight is 390 g/mol. The molecule has 0 aromatic heterocycles. The molecule has 0 unspecified atom stereocenters. The van der Waals surface area contributed by atoms with Crippen LogP contribution in [0.2, 0.25) is 0 Å². The fourth-order valence-electron chi connectivity index (χ4n) is 5.35. The summed E-state index contributed by atoms with van der Waals surface area (Å²) in [6.07, 6.45) is 3.09. The number of hydrogen-bond acceptors (Lipinski definition) is 4. The zero-order valence-electron chi connectivity index (χ0n) is 16.1. The SMILES string of the molecule is COc1cccc(NC(=O)c2cccc(N3C(=O)[C@H]4[C@@H]5CC[C@@H](C5)[C@@H]4C3=O)c2)c1. The van der Waals surface area contributed by atoms with Gasteiger partial charge < -0.3 is 10.1 Å². The monoisotopic (exact) mass is 390 g/mol. The summed E-state index contributed by atoms with van der Waals surface area (Å²) in [4.78, 5) is 40.1. The number of imide groups is 1. The third-order valence-corrected chi connectivity index (χ3v) is 6.62. The molecule has 2 aromatic carbocycles. The topological polar surface area (TPSA) is 75.7 Å². The third kappa shape index (κ3) is 2.82. The average Bonchev–Trinajstić information content (AvgIpc) is 3.42. The summed E-state index contributed by atoms with van der Waals surface area (Å²) in [7, 11) is 1.57. The Morgan fingerprint density at radius 1 is 1.00 bits per heavy atom. The van der Waals surface area contributed by atoms with Gasteiger partial charge in [-0.1, -0.05) is 12.1 Å². The molecular weight excluding hydrogens is 368 g/mol. The molecule has 6 nitrogen and oxygen atoms in total. The van der Waals surface area contributed by atoms with Crippen molar-refractivity contribution < 1.29 is 19.1 Å². The molecule has 3 aliphatic rings. The van der Waals surface area contributed by atoms with Crippen LogP contribution in [0, 0.1) is 23.7 Å². The Kier molecular flexibility index (Phi) is 4.15. The van der Waals surface area contributed by atoms with Crippen molar-refractivity contribution in [3.63, 3.8) is 0 Å². The van der Waals surface area contributed by atoms with Gasteiger partial charge in [0.2, 0.25) is 11.8 Å². The predicted octanol–water partition coefficient (Wildman–Crippen LogP) is 3.48. The van der Waals surface area contributed by atoms with Gasteiger partial charge in [0.1, 0.15) is 5.75 Å². The summed E-state index contributed by atoms with van der Waals surface area (Å²) in [6, 6.07) is 13.8. The third-order valence-electron chi connectivity index (χ3n) is 6.62. The fourth-order valence-corrected chi connectivity index (χ4v) is 5.35. The Morgan fingerprint density at radius 3 is 2.38 bits per heavy atom. The zero-order chi connectivity index (χ0) is 20.1. The highest BCUT2D eigenvalue weighted by atomic mass is 16.5. The van der Waals surface area contributed by atoms with Crippen molar-refractivity contribution >= 4 is 29.1 Å². The first-order valence-electron chi connectivity index (χ1n) is 10.00. The van der Waals surface area contributed by atoms with Crippen LogP contribution in [-0.2, 0) is 9.59 Å². The first kappa shape index (κ1) is 17.9. The second-order valence-electron chi connectivity index (χ2n) is 8.13. The Labute approximate surface area is 168 Å². The maximum atomic E-state index is 13.0. The van der Waals surface area contributed by atoms with Gasteiger partial charge in [-0.25, -0.2) is 0 Å². The van der Waals surface area contributed by atoms with Gasteiger partial charge in [0.05, 0.1) is 24.6 Å². The van der Waals surface area contributed by atoms with Gasteiger partial charge in [-0.2, -0.15) is 0 Å². The molecule has 148 valence electrons. The number of carbonyl (C=O) groups is 3. The first-order valence-corrected chi connectivity index (χ1v) is 10.00. The Hall–Kier alpha value is -3.15. The highest BCUT2D eigenvalue weighted by molar-refractivity contribution is 6.23. The van der Waals surface area contributed by atoms with E-state index < -0.39 is 0 Å². The molecule has 29 heavy (non-hydrogen) atoms. The summed E-state index contributed by atoms with van der Waals surface area (Å²) in [5.41, 5.74) is 1.48. The zero-order valence-corrected chi connectivity index (χ0v) is 16.1. The van der Waals surface area contributed by atoms with Gasteiger partial charge in [-0.15, -0.1) is 0 Å². The Morgan fingerprint density at radius 2 is 1.69 bits per heavy atom. The van der Waals surface area contributed by atoms with Crippen molar-refractivity contribution in [2.45, 2.75) is 19.3 Å². The predicted molar refractivity (Wildman–Crippen MR) is 108 cm³/mol. The van der Waals surface area contributed by atoms with Gasteiger partial charge in [-0.3, -0.25) is 19.3 Å². The summed E-state index contributed by atoms with van der Waals surface area (Å²) in [5.74, 6) is 0.476. The minimum absolute atomic E-state index is 0.0995. The number of ether oxygens (including phenoxy) is 1. The minimum atomic E-state index is -0.306. The van der Waals surface area contributed by atoms with Crippen molar-refractivity contribution in [2.75, 3.05) is 17.3 Å². The van der Waals surface area contributed by atoms with E-state index in [0.29, 0.717) is 34.5 Å². The van der Waals surface area contributed by atoms with Gasteiger partial charge >= 0.3 is 0 Å². The number of amides is 3. The Bertz CT molecular complexity index is 989. The maximum Gasteiger partial charge on any atom is 0.255 e. The number of carbonyl (C=O) groups excluding carboxylic acids is 3. The van der Waals surface area contributed by atoms with E-state index in [1.807, 2.05) is 0 Å². The molecule has 3 fully saturated rings. The second-order valence-corrected chi connectivity index (χ2v) is 8.13. The molecule has 6 heteroatoms. The van der Waals surface area contributed by atoms with E-state index in [1.54, 1.807) is 55.6 Å². The van der Waals surface area contributed by atoms with Crippen LogP contribution in [0.1, 0.15) is 29.6 Å². The number of methoxy groups -OCH3 is 1. The Balaban J connectivity index is 1.39.